The highest BCUT2D eigenvalue weighted by atomic mass is 32.2. The van der Waals surface area contributed by atoms with E-state index in [4.69, 9.17) is 0 Å². The monoisotopic (exact) mass is 391 g/mol. The minimum absolute atomic E-state index is 0.474. The Kier molecular flexibility index (Phi) is 9.94. The first kappa shape index (κ1) is 23.6. The van der Waals surface area contributed by atoms with Crippen molar-refractivity contribution >= 4 is 15.7 Å². The summed E-state index contributed by atoms with van der Waals surface area (Å²) in [6.07, 6.45) is 12.5. The summed E-state index contributed by atoms with van der Waals surface area (Å²) in [5, 5.41) is 0. The number of sulfonamides is 1. The predicted molar refractivity (Wildman–Crippen MR) is 118 cm³/mol. The summed E-state index contributed by atoms with van der Waals surface area (Å²) in [4.78, 5) is 0. The summed E-state index contributed by atoms with van der Waals surface area (Å²) in [5.41, 5.74) is 3.02. The van der Waals surface area contributed by atoms with E-state index in [1.807, 2.05) is 19.1 Å². The van der Waals surface area contributed by atoms with Crippen LogP contribution in [0.3, 0.4) is 0 Å². The molecule has 0 radical (unpaired) electrons. The molecule has 0 atom stereocenters. The molecule has 0 fully saturated rings. The van der Waals surface area contributed by atoms with Crippen molar-refractivity contribution in [1.29, 1.82) is 0 Å². The number of aryl methyl sites for hydroxylation is 1. The van der Waals surface area contributed by atoms with Crippen molar-refractivity contribution in [3.8, 4) is 11.8 Å². The molecule has 4 heteroatoms. The lowest BCUT2D eigenvalue weighted by molar-refractivity contribution is 0.356. The average Bonchev–Trinajstić information content (AvgIpc) is 2.51. The molecule has 0 spiro atoms. The second-order valence-corrected chi connectivity index (χ2v) is 10.5. The molecule has 1 aromatic carbocycles. The van der Waals surface area contributed by atoms with E-state index in [1.165, 1.54) is 44.9 Å². The third kappa shape index (κ3) is 12.5. The molecule has 0 aromatic heterocycles. The van der Waals surface area contributed by atoms with Crippen LogP contribution in [0.4, 0.5) is 5.69 Å². The Morgan fingerprint density at radius 3 is 2.11 bits per heavy atom. The molecule has 3 nitrogen and oxygen atoms in total. The molecule has 0 bridgehead atoms. The van der Waals surface area contributed by atoms with E-state index in [0.717, 1.165) is 30.2 Å². The van der Waals surface area contributed by atoms with Crippen LogP contribution in [0, 0.1) is 24.2 Å². The van der Waals surface area contributed by atoms with Gasteiger partial charge in [-0.05, 0) is 48.9 Å². The van der Waals surface area contributed by atoms with Crippen molar-refractivity contribution < 1.29 is 8.42 Å². The summed E-state index contributed by atoms with van der Waals surface area (Å²) in [7, 11) is -3.24. The normalized spacial score (nSPS) is 11.7. The van der Waals surface area contributed by atoms with Crippen LogP contribution in [-0.2, 0) is 10.0 Å². The molecule has 0 unspecified atom stereocenters. The second kappa shape index (κ2) is 11.4. The molecule has 0 heterocycles. The molecule has 0 aliphatic heterocycles. The van der Waals surface area contributed by atoms with Gasteiger partial charge in [-0.2, -0.15) is 0 Å². The van der Waals surface area contributed by atoms with Gasteiger partial charge in [-0.15, -0.1) is 0 Å². The molecule has 1 rings (SSSR count). The van der Waals surface area contributed by atoms with Gasteiger partial charge in [0.15, 0.2) is 0 Å². The minimum atomic E-state index is -3.24. The molecular formula is C23H37NO2S. The van der Waals surface area contributed by atoms with Crippen LogP contribution in [-0.4, -0.2) is 14.7 Å². The zero-order chi connectivity index (χ0) is 20.3. The number of unbranched alkanes of at least 4 members (excludes halogenated alkanes) is 7. The lowest BCUT2D eigenvalue weighted by atomic mass is 9.89. The molecule has 152 valence electrons. The summed E-state index contributed by atoms with van der Waals surface area (Å²) >= 11 is 0. The molecule has 0 aliphatic rings. The molecule has 0 saturated carbocycles. The lowest BCUT2D eigenvalue weighted by Gasteiger charge is -2.17. The van der Waals surface area contributed by atoms with Gasteiger partial charge in [0.1, 0.15) is 0 Å². The molecule has 0 amide bonds. The fourth-order valence-corrected chi connectivity index (χ4v) is 3.55. The first-order valence-corrected chi connectivity index (χ1v) is 12.0. The Morgan fingerprint density at radius 1 is 0.963 bits per heavy atom. The van der Waals surface area contributed by atoms with E-state index in [-0.39, 0.29) is 0 Å². The standard InChI is InChI=1S/C23H37NO2S/c1-20-19-22(24-27(5,25)26)17-16-21(20)15-13-11-9-7-6-8-10-12-14-18-23(2,3)4/h16-17,19,24H,6-12,14,18H2,1-5H3. The number of nitrogens with one attached hydrogen (secondary N) is 1. The van der Waals surface area contributed by atoms with Crippen LogP contribution in [0.2, 0.25) is 0 Å². The summed E-state index contributed by atoms with van der Waals surface area (Å²) < 4.78 is 25.0. The zero-order valence-electron chi connectivity index (χ0n) is 17.8. The van der Waals surface area contributed by atoms with E-state index >= 15 is 0 Å². The van der Waals surface area contributed by atoms with Gasteiger partial charge in [0, 0.05) is 17.7 Å². The van der Waals surface area contributed by atoms with Crippen LogP contribution >= 0.6 is 0 Å². The topological polar surface area (TPSA) is 46.2 Å². The van der Waals surface area contributed by atoms with Gasteiger partial charge >= 0.3 is 0 Å². The van der Waals surface area contributed by atoms with Crippen LogP contribution in [0.25, 0.3) is 0 Å². The van der Waals surface area contributed by atoms with Crippen molar-refractivity contribution in [3.63, 3.8) is 0 Å². The zero-order valence-corrected chi connectivity index (χ0v) is 18.6. The van der Waals surface area contributed by atoms with Gasteiger partial charge in [-0.25, -0.2) is 8.42 Å². The number of hydrogen-bond donors (Lipinski definition) is 1. The second-order valence-electron chi connectivity index (χ2n) is 8.74. The van der Waals surface area contributed by atoms with E-state index in [1.54, 1.807) is 6.07 Å². The van der Waals surface area contributed by atoms with Crippen molar-refractivity contribution in [2.75, 3.05) is 11.0 Å². The maximum Gasteiger partial charge on any atom is 0.229 e. The summed E-state index contributed by atoms with van der Waals surface area (Å²) in [6, 6.07) is 5.47. The number of benzene rings is 1. The Bertz CT molecular complexity index is 734. The third-order valence-electron chi connectivity index (χ3n) is 4.48. The highest BCUT2D eigenvalue weighted by Crippen LogP contribution is 2.22. The highest BCUT2D eigenvalue weighted by Gasteiger charge is 2.08. The van der Waals surface area contributed by atoms with E-state index in [0.29, 0.717) is 11.1 Å². The molecule has 0 saturated heterocycles. The quantitative estimate of drug-likeness (QED) is 0.377. The molecular weight excluding hydrogens is 354 g/mol. The van der Waals surface area contributed by atoms with Gasteiger partial charge in [0.25, 0.3) is 0 Å². The average molecular weight is 392 g/mol. The maximum atomic E-state index is 11.3. The van der Waals surface area contributed by atoms with Crippen LogP contribution in [0.1, 0.15) is 89.7 Å². The SMILES string of the molecule is Cc1cc(NS(C)(=O)=O)ccc1C#CCCCCCCCCCC(C)(C)C. The number of rotatable bonds is 10. The fraction of sp³-hybridized carbons (Fsp3) is 0.652. The smallest absolute Gasteiger partial charge is 0.229 e. The van der Waals surface area contributed by atoms with E-state index < -0.39 is 10.0 Å². The summed E-state index contributed by atoms with van der Waals surface area (Å²) in [6.45, 7) is 8.90. The largest absolute Gasteiger partial charge is 0.284 e. The Labute approximate surface area is 167 Å². The Morgan fingerprint density at radius 2 is 1.56 bits per heavy atom. The van der Waals surface area contributed by atoms with E-state index in [2.05, 4.69) is 37.3 Å². The minimum Gasteiger partial charge on any atom is -0.284 e. The fourth-order valence-electron chi connectivity index (χ4n) is 2.99. The molecule has 27 heavy (non-hydrogen) atoms. The highest BCUT2D eigenvalue weighted by molar-refractivity contribution is 7.92. The number of hydrogen-bond acceptors (Lipinski definition) is 2. The van der Waals surface area contributed by atoms with Crippen LogP contribution < -0.4 is 4.72 Å². The van der Waals surface area contributed by atoms with Gasteiger partial charge < -0.3 is 0 Å². The van der Waals surface area contributed by atoms with Crippen LogP contribution in [0.5, 0.6) is 0 Å². The van der Waals surface area contributed by atoms with Crippen molar-refractivity contribution in [3.05, 3.63) is 29.3 Å². The third-order valence-corrected chi connectivity index (χ3v) is 5.09. The first-order chi connectivity index (χ1) is 12.6. The van der Waals surface area contributed by atoms with Gasteiger partial charge in [0.05, 0.1) is 6.26 Å². The molecule has 1 aromatic rings. The van der Waals surface area contributed by atoms with Crippen molar-refractivity contribution in [2.24, 2.45) is 5.41 Å². The summed E-state index contributed by atoms with van der Waals surface area (Å²) in [5.74, 6) is 6.46. The molecule has 1 N–H and O–H groups in total. The number of anilines is 1. The van der Waals surface area contributed by atoms with Crippen molar-refractivity contribution in [2.45, 2.75) is 85.5 Å². The lowest BCUT2D eigenvalue weighted by Crippen LogP contribution is -2.09. The van der Waals surface area contributed by atoms with Crippen LogP contribution in [0.15, 0.2) is 18.2 Å². The first-order valence-electron chi connectivity index (χ1n) is 10.1. The maximum absolute atomic E-state index is 11.3. The Balaban J connectivity index is 2.20. The van der Waals surface area contributed by atoms with Gasteiger partial charge in [-0.1, -0.05) is 71.1 Å². The molecule has 0 aliphatic carbocycles. The van der Waals surface area contributed by atoms with Gasteiger partial charge in [-0.3, -0.25) is 4.72 Å². The van der Waals surface area contributed by atoms with Gasteiger partial charge in [0.2, 0.25) is 10.0 Å². The van der Waals surface area contributed by atoms with Crippen molar-refractivity contribution in [1.82, 2.24) is 0 Å². The predicted octanol–water partition coefficient (Wildman–Crippen LogP) is 6.28. The van der Waals surface area contributed by atoms with E-state index in [9.17, 15) is 8.42 Å². The Hall–Kier alpha value is -1.47.